The molecule has 0 amide bonds. The van der Waals surface area contributed by atoms with Crippen molar-refractivity contribution in [2.45, 2.75) is 18.8 Å². The Morgan fingerprint density at radius 3 is 2.90 bits per heavy atom. The molecule has 0 aliphatic rings. The molecule has 0 saturated carbocycles. The maximum Gasteiger partial charge on any atom is 0.167 e. The molecule has 0 bridgehead atoms. The predicted octanol–water partition coefficient (Wildman–Crippen LogP) is 4.59. The summed E-state index contributed by atoms with van der Waals surface area (Å²) >= 11 is 7.87. The average molecular weight is 325 g/mol. The van der Waals surface area contributed by atoms with E-state index in [2.05, 4.69) is 16.4 Å². The van der Waals surface area contributed by atoms with Crippen LogP contribution < -0.4 is 4.74 Å². The van der Waals surface area contributed by atoms with Crippen LogP contribution in [0, 0.1) is 5.82 Å². The quantitative estimate of drug-likeness (QED) is 0.656. The van der Waals surface area contributed by atoms with Gasteiger partial charge in [-0.15, -0.1) is 11.6 Å². The number of fused-ring (bicyclic) bond motifs is 1. The van der Waals surface area contributed by atoms with Crippen molar-refractivity contribution in [3.8, 4) is 5.75 Å². The number of alkyl halides is 1. The van der Waals surface area contributed by atoms with Crippen molar-refractivity contribution in [1.29, 1.82) is 0 Å². The number of hydrogen-bond donors (Lipinski definition) is 0. The number of methoxy groups -OCH3 is 1. The Bertz CT molecular complexity index is 768. The van der Waals surface area contributed by atoms with Gasteiger partial charge in [-0.2, -0.15) is 11.3 Å². The van der Waals surface area contributed by atoms with Crippen molar-refractivity contribution >= 4 is 34.0 Å². The first-order valence-electron chi connectivity index (χ1n) is 6.49. The van der Waals surface area contributed by atoms with Gasteiger partial charge in [0.05, 0.1) is 30.1 Å². The number of thiophene rings is 1. The monoisotopic (exact) mass is 324 g/mol. The normalized spacial score (nSPS) is 12.8. The van der Waals surface area contributed by atoms with E-state index < -0.39 is 5.82 Å². The summed E-state index contributed by atoms with van der Waals surface area (Å²) in [6.07, 6.45) is 0. The van der Waals surface area contributed by atoms with Crippen LogP contribution in [0.25, 0.3) is 11.0 Å². The first-order valence-corrected chi connectivity index (χ1v) is 7.87. The van der Waals surface area contributed by atoms with Crippen LogP contribution in [0.15, 0.2) is 29.0 Å². The number of rotatable bonds is 4. The fourth-order valence-electron chi connectivity index (χ4n) is 2.34. The van der Waals surface area contributed by atoms with Gasteiger partial charge in [-0.25, -0.2) is 9.37 Å². The Morgan fingerprint density at radius 1 is 1.48 bits per heavy atom. The van der Waals surface area contributed by atoms with Crippen LogP contribution in [0.2, 0.25) is 0 Å². The van der Waals surface area contributed by atoms with E-state index in [1.165, 1.54) is 18.7 Å². The maximum absolute atomic E-state index is 13.8. The topological polar surface area (TPSA) is 27.1 Å². The van der Waals surface area contributed by atoms with Gasteiger partial charge in [-0.05, 0) is 29.3 Å². The molecule has 3 rings (SSSR count). The van der Waals surface area contributed by atoms with Crippen molar-refractivity contribution in [1.82, 2.24) is 9.55 Å². The molecule has 0 spiro atoms. The smallest absolute Gasteiger partial charge is 0.167 e. The second kappa shape index (κ2) is 5.66. The summed E-state index contributed by atoms with van der Waals surface area (Å²) in [4.78, 5) is 4.47. The molecule has 0 fully saturated rings. The molecular formula is C15H14ClFN2OS. The number of hydrogen-bond acceptors (Lipinski definition) is 3. The Labute approximate surface area is 130 Å². The highest BCUT2D eigenvalue weighted by Gasteiger charge is 2.18. The fourth-order valence-corrected chi connectivity index (χ4v) is 3.16. The average Bonchev–Trinajstić information content (AvgIpc) is 3.06. The molecule has 1 unspecified atom stereocenters. The highest BCUT2D eigenvalue weighted by Crippen LogP contribution is 2.30. The Hall–Kier alpha value is -1.59. The first kappa shape index (κ1) is 14.4. The van der Waals surface area contributed by atoms with Crippen molar-refractivity contribution in [2.24, 2.45) is 0 Å². The van der Waals surface area contributed by atoms with E-state index >= 15 is 0 Å². The summed E-state index contributed by atoms with van der Waals surface area (Å²) in [5.41, 5.74) is 2.58. The van der Waals surface area contributed by atoms with Gasteiger partial charge >= 0.3 is 0 Å². The fraction of sp³-hybridized carbons (Fsp3) is 0.267. The van der Waals surface area contributed by atoms with Crippen LogP contribution in [0.5, 0.6) is 5.75 Å². The molecule has 0 aliphatic carbocycles. The second-order valence-electron chi connectivity index (χ2n) is 4.78. The molecule has 0 N–H and O–H groups in total. The number of halogens is 2. The molecular weight excluding hydrogens is 311 g/mol. The SMILES string of the molecule is COc1cc2c(cc1F)nc(C(C)Cl)n2Cc1ccsc1. The second-order valence-corrected chi connectivity index (χ2v) is 6.21. The van der Waals surface area contributed by atoms with Gasteiger partial charge in [0.25, 0.3) is 0 Å². The summed E-state index contributed by atoms with van der Waals surface area (Å²) < 4.78 is 20.9. The zero-order valence-electron chi connectivity index (χ0n) is 11.6. The molecule has 2 aromatic heterocycles. The summed E-state index contributed by atoms with van der Waals surface area (Å²) in [7, 11) is 1.45. The lowest BCUT2D eigenvalue weighted by molar-refractivity contribution is 0.387. The number of nitrogens with zero attached hydrogens (tertiary/aromatic N) is 2. The number of imidazole rings is 1. The van der Waals surface area contributed by atoms with Gasteiger partial charge < -0.3 is 9.30 Å². The molecule has 6 heteroatoms. The third-order valence-corrected chi connectivity index (χ3v) is 4.26. The van der Waals surface area contributed by atoms with Gasteiger partial charge in [-0.1, -0.05) is 0 Å². The van der Waals surface area contributed by atoms with E-state index in [1.807, 2.05) is 16.9 Å². The molecule has 1 aromatic carbocycles. The molecule has 3 nitrogen and oxygen atoms in total. The van der Waals surface area contributed by atoms with Crippen molar-refractivity contribution in [3.05, 3.63) is 46.2 Å². The van der Waals surface area contributed by atoms with E-state index in [-0.39, 0.29) is 11.1 Å². The number of aromatic nitrogens is 2. The standard InChI is InChI=1S/C15H14ClFN2OS/c1-9(16)15-18-12-5-11(17)14(20-2)6-13(12)19(15)7-10-3-4-21-8-10/h3-6,8-9H,7H2,1-2H3. The lowest BCUT2D eigenvalue weighted by Crippen LogP contribution is -2.05. The molecule has 0 aliphatic heterocycles. The van der Waals surface area contributed by atoms with Gasteiger partial charge in [0.1, 0.15) is 5.82 Å². The van der Waals surface area contributed by atoms with E-state index in [4.69, 9.17) is 16.3 Å². The molecule has 21 heavy (non-hydrogen) atoms. The minimum absolute atomic E-state index is 0.211. The Kier molecular flexibility index (Phi) is 3.87. The van der Waals surface area contributed by atoms with Gasteiger partial charge in [0.15, 0.2) is 11.6 Å². The van der Waals surface area contributed by atoms with Gasteiger partial charge in [0.2, 0.25) is 0 Å². The highest BCUT2D eigenvalue weighted by atomic mass is 35.5. The zero-order chi connectivity index (χ0) is 15.0. The lowest BCUT2D eigenvalue weighted by atomic mass is 10.2. The summed E-state index contributed by atoms with van der Waals surface area (Å²) in [5.74, 6) is 0.521. The van der Waals surface area contributed by atoms with Gasteiger partial charge in [-0.3, -0.25) is 0 Å². The lowest BCUT2D eigenvalue weighted by Gasteiger charge is -2.10. The molecule has 0 radical (unpaired) electrons. The van der Waals surface area contributed by atoms with E-state index in [0.717, 1.165) is 11.3 Å². The van der Waals surface area contributed by atoms with Crippen LogP contribution in [-0.4, -0.2) is 16.7 Å². The minimum Gasteiger partial charge on any atom is -0.494 e. The molecule has 3 aromatic rings. The summed E-state index contributed by atoms with van der Waals surface area (Å²) in [6.45, 7) is 2.52. The maximum atomic E-state index is 13.8. The van der Waals surface area contributed by atoms with E-state index in [1.54, 1.807) is 17.4 Å². The van der Waals surface area contributed by atoms with Crippen LogP contribution in [0.4, 0.5) is 4.39 Å². The molecule has 2 heterocycles. The van der Waals surface area contributed by atoms with Crippen molar-refractivity contribution < 1.29 is 9.13 Å². The van der Waals surface area contributed by atoms with Crippen molar-refractivity contribution in [2.75, 3.05) is 7.11 Å². The summed E-state index contributed by atoms with van der Waals surface area (Å²) in [6, 6.07) is 5.12. The van der Waals surface area contributed by atoms with Gasteiger partial charge in [0, 0.05) is 12.1 Å². The van der Waals surface area contributed by atoms with E-state index in [9.17, 15) is 4.39 Å². The van der Waals surface area contributed by atoms with Crippen LogP contribution in [0.3, 0.4) is 0 Å². The third-order valence-electron chi connectivity index (χ3n) is 3.33. The molecule has 0 saturated heterocycles. The van der Waals surface area contributed by atoms with Crippen LogP contribution in [-0.2, 0) is 6.54 Å². The summed E-state index contributed by atoms with van der Waals surface area (Å²) in [5, 5.41) is 3.85. The predicted molar refractivity (Wildman–Crippen MR) is 83.9 cm³/mol. The van der Waals surface area contributed by atoms with Crippen LogP contribution >= 0.6 is 22.9 Å². The highest BCUT2D eigenvalue weighted by molar-refractivity contribution is 7.07. The van der Waals surface area contributed by atoms with E-state index in [0.29, 0.717) is 12.1 Å². The van der Waals surface area contributed by atoms with Crippen molar-refractivity contribution in [3.63, 3.8) is 0 Å². The Balaban J connectivity index is 2.20. The largest absolute Gasteiger partial charge is 0.494 e. The Morgan fingerprint density at radius 2 is 2.29 bits per heavy atom. The third kappa shape index (κ3) is 2.63. The molecule has 110 valence electrons. The zero-order valence-corrected chi connectivity index (χ0v) is 13.2. The minimum atomic E-state index is -0.418. The van der Waals surface area contributed by atoms with Crippen LogP contribution in [0.1, 0.15) is 23.7 Å². The number of ether oxygens (including phenoxy) is 1. The first-order chi connectivity index (χ1) is 10.1. The number of benzene rings is 1. The molecule has 1 atom stereocenters.